The van der Waals surface area contributed by atoms with Crippen molar-refractivity contribution in [2.75, 3.05) is 0 Å². The molecule has 0 N–H and O–H groups in total. The lowest BCUT2D eigenvalue weighted by molar-refractivity contribution is -0.384. The number of aryl methyl sites for hydroxylation is 1. The van der Waals surface area contributed by atoms with Crippen molar-refractivity contribution in [2.24, 2.45) is 10.2 Å². The van der Waals surface area contributed by atoms with E-state index < -0.39 is 4.92 Å². The van der Waals surface area contributed by atoms with Crippen LogP contribution in [0.3, 0.4) is 0 Å². The molecule has 1 heterocycles. The molecule has 0 spiro atoms. The van der Waals surface area contributed by atoms with E-state index in [1.54, 1.807) is 17.0 Å². The number of amidine groups is 1. The number of nitro benzene ring substituents is 1. The van der Waals surface area contributed by atoms with Gasteiger partial charge in [0.15, 0.2) is 5.17 Å². The van der Waals surface area contributed by atoms with Crippen LogP contribution in [0.15, 0.2) is 58.7 Å². The van der Waals surface area contributed by atoms with Crippen molar-refractivity contribution in [3.63, 3.8) is 0 Å². The number of hydrogen-bond acceptors (Lipinski definition) is 6. The quantitative estimate of drug-likeness (QED) is 0.417. The van der Waals surface area contributed by atoms with E-state index in [2.05, 4.69) is 10.2 Å². The summed E-state index contributed by atoms with van der Waals surface area (Å²) in [7, 11) is 0. The Morgan fingerprint density at radius 1 is 1.25 bits per heavy atom. The van der Waals surface area contributed by atoms with Crippen molar-refractivity contribution in [1.82, 2.24) is 4.90 Å². The van der Waals surface area contributed by atoms with Gasteiger partial charge in [-0.1, -0.05) is 55.1 Å². The molecule has 1 aliphatic rings. The van der Waals surface area contributed by atoms with E-state index in [1.807, 2.05) is 38.1 Å². The van der Waals surface area contributed by atoms with Crippen LogP contribution >= 0.6 is 11.8 Å². The lowest BCUT2D eigenvalue weighted by Crippen LogP contribution is -2.31. The summed E-state index contributed by atoms with van der Waals surface area (Å²) >= 11 is 1.40. The van der Waals surface area contributed by atoms with Crippen LogP contribution in [-0.4, -0.2) is 32.4 Å². The van der Waals surface area contributed by atoms with E-state index >= 15 is 0 Å². The molecule has 28 heavy (non-hydrogen) atoms. The number of amides is 1. The van der Waals surface area contributed by atoms with Crippen molar-refractivity contribution in [2.45, 2.75) is 32.1 Å². The molecule has 1 aliphatic heterocycles. The first-order valence-electron chi connectivity index (χ1n) is 8.87. The van der Waals surface area contributed by atoms with E-state index in [1.165, 1.54) is 30.1 Å². The maximum atomic E-state index is 12.7. The molecule has 8 heteroatoms. The average Bonchev–Trinajstić information content (AvgIpc) is 2.99. The molecule has 0 saturated carbocycles. The van der Waals surface area contributed by atoms with Gasteiger partial charge in [-0.25, -0.2) is 0 Å². The number of thioether (sulfide) groups is 1. The standard InChI is InChI=1S/C20H20N4O3S/c1-3-18-19(25)23(13-16-9-5-4-7-14(16)2)20(28-18)22-21-12-15-8-6-10-17(11-15)24(26)27/h4-12,18H,3,13H2,1-2H3/b21-12+,22-20-. The van der Waals surface area contributed by atoms with Crippen LogP contribution in [0.1, 0.15) is 30.0 Å². The van der Waals surface area contributed by atoms with Gasteiger partial charge in [0.25, 0.3) is 5.69 Å². The van der Waals surface area contributed by atoms with Crippen molar-refractivity contribution >= 4 is 34.7 Å². The summed E-state index contributed by atoms with van der Waals surface area (Å²) in [6.45, 7) is 4.43. The SMILES string of the molecule is CCC1S/C(=N\N=C\c2cccc([N+](=O)[O-])c2)N(Cc2ccccc2C)C1=O. The van der Waals surface area contributed by atoms with E-state index in [9.17, 15) is 14.9 Å². The Bertz CT molecular complexity index is 958. The highest BCUT2D eigenvalue weighted by Gasteiger charge is 2.37. The van der Waals surface area contributed by atoms with Crippen molar-refractivity contribution in [3.8, 4) is 0 Å². The van der Waals surface area contributed by atoms with Crippen LogP contribution in [0.2, 0.25) is 0 Å². The van der Waals surface area contributed by atoms with Gasteiger partial charge >= 0.3 is 0 Å². The minimum atomic E-state index is -0.454. The first-order chi connectivity index (χ1) is 13.5. The van der Waals surface area contributed by atoms with Gasteiger partial charge in [-0.3, -0.25) is 19.8 Å². The Labute approximate surface area is 167 Å². The summed E-state index contributed by atoms with van der Waals surface area (Å²) < 4.78 is 0. The average molecular weight is 396 g/mol. The minimum absolute atomic E-state index is 0.00533. The van der Waals surface area contributed by atoms with Gasteiger partial charge in [0.05, 0.1) is 22.9 Å². The van der Waals surface area contributed by atoms with Gasteiger partial charge < -0.3 is 0 Å². The zero-order chi connectivity index (χ0) is 20.1. The fraction of sp³-hybridized carbons (Fsp3) is 0.250. The number of carbonyl (C=O) groups excluding carboxylic acids is 1. The highest BCUT2D eigenvalue weighted by atomic mass is 32.2. The summed E-state index contributed by atoms with van der Waals surface area (Å²) in [5, 5.41) is 19.5. The number of hydrogen-bond donors (Lipinski definition) is 0. The molecule has 144 valence electrons. The minimum Gasteiger partial charge on any atom is -0.284 e. The Morgan fingerprint density at radius 3 is 2.75 bits per heavy atom. The predicted molar refractivity (Wildman–Crippen MR) is 112 cm³/mol. The highest BCUT2D eigenvalue weighted by Crippen LogP contribution is 2.31. The first-order valence-corrected chi connectivity index (χ1v) is 9.75. The van der Waals surface area contributed by atoms with Gasteiger partial charge in [-0.05, 0) is 24.5 Å². The van der Waals surface area contributed by atoms with E-state index in [-0.39, 0.29) is 16.8 Å². The molecule has 0 radical (unpaired) electrons. The zero-order valence-corrected chi connectivity index (χ0v) is 16.4. The molecular formula is C20H20N4O3S. The topological polar surface area (TPSA) is 88.2 Å². The van der Waals surface area contributed by atoms with E-state index in [4.69, 9.17) is 0 Å². The van der Waals surface area contributed by atoms with Crippen LogP contribution in [0.5, 0.6) is 0 Å². The normalized spacial score (nSPS) is 18.4. The third kappa shape index (κ3) is 4.45. The second-order valence-corrected chi connectivity index (χ2v) is 7.51. The summed E-state index contributed by atoms with van der Waals surface area (Å²) in [5.41, 5.74) is 2.74. The van der Waals surface area contributed by atoms with Crippen LogP contribution in [0, 0.1) is 17.0 Å². The molecular weight excluding hydrogens is 376 g/mol. The maximum Gasteiger partial charge on any atom is 0.270 e. The number of rotatable bonds is 6. The molecule has 1 fully saturated rings. The van der Waals surface area contributed by atoms with Crippen molar-refractivity contribution in [1.29, 1.82) is 0 Å². The third-order valence-corrected chi connectivity index (χ3v) is 5.74. The molecule has 3 rings (SSSR count). The smallest absolute Gasteiger partial charge is 0.270 e. The Morgan fingerprint density at radius 2 is 2.04 bits per heavy atom. The lowest BCUT2D eigenvalue weighted by Gasteiger charge is -2.17. The summed E-state index contributed by atoms with van der Waals surface area (Å²) in [5.74, 6) is 0.0278. The summed E-state index contributed by atoms with van der Waals surface area (Å²) in [4.78, 5) is 24.8. The molecule has 1 atom stereocenters. The Kier molecular flexibility index (Phi) is 6.20. The number of nitrogens with zero attached hydrogens (tertiary/aromatic N) is 4. The highest BCUT2D eigenvalue weighted by molar-refractivity contribution is 8.15. The van der Waals surface area contributed by atoms with Gasteiger partial charge in [-0.2, -0.15) is 5.10 Å². The maximum absolute atomic E-state index is 12.7. The molecule has 0 bridgehead atoms. The molecule has 0 aromatic heterocycles. The van der Waals surface area contributed by atoms with Gasteiger partial charge in [0, 0.05) is 17.7 Å². The summed E-state index contributed by atoms with van der Waals surface area (Å²) in [6, 6.07) is 14.1. The van der Waals surface area contributed by atoms with Gasteiger partial charge in [-0.15, -0.1) is 5.10 Å². The lowest BCUT2D eigenvalue weighted by atomic mass is 10.1. The van der Waals surface area contributed by atoms with E-state index in [0.29, 0.717) is 23.7 Å². The van der Waals surface area contributed by atoms with E-state index in [0.717, 1.165) is 11.1 Å². The molecule has 7 nitrogen and oxygen atoms in total. The summed E-state index contributed by atoms with van der Waals surface area (Å²) in [6.07, 6.45) is 2.16. The molecule has 2 aromatic carbocycles. The fourth-order valence-corrected chi connectivity index (χ4v) is 3.84. The molecule has 1 amide bonds. The largest absolute Gasteiger partial charge is 0.284 e. The van der Waals surface area contributed by atoms with Crippen LogP contribution in [0.25, 0.3) is 0 Å². The molecule has 1 saturated heterocycles. The Balaban J connectivity index is 1.83. The zero-order valence-electron chi connectivity index (χ0n) is 15.6. The van der Waals surface area contributed by atoms with Crippen LogP contribution < -0.4 is 0 Å². The second-order valence-electron chi connectivity index (χ2n) is 6.34. The first kappa shape index (κ1) is 19.8. The third-order valence-electron chi connectivity index (χ3n) is 4.41. The van der Waals surface area contributed by atoms with Crippen LogP contribution in [0.4, 0.5) is 5.69 Å². The van der Waals surface area contributed by atoms with Crippen molar-refractivity contribution < 1.29 is 9.72 Å². The van der Waals surface area contributed by atoms with Crippen LogP contribution in [-0.2, 0) is 11.3 Å². The fourth-order valence-electron chi connectivity index (χ4n) is 2.81. The van der Waals surface area contributed by atoms with Crippen molar-refractivity contribution in [3.05, 3.63) is 75.3 Å². The molecule has 1 unspecified atom stereocenters. The molecule has 2 aromatic rings. The predicted octanol–water partition coefficient (Wildman–Crippen LogP) is 4.15. The second kappa shape index (κ2) is 8.79. The monoisotopic (exact) mass is 396 g/mol. The number of benzene rings is 2. The Hall–Kier alpha value is -3.00. The number of non-ortho nitro benzene ring substituents is 1. The number of nitro groups is 1. The van der Waals surface area contributed by atoms with Gasteiger partial charge in [0.1, 0.15) is 0 Å². The number of carbonyl (C=O) groups is 1. The van der Waals surface area contributed by atoms with Gasteiger partial charge in [0.2, 0.25) is 5.91 Å². The molecule has 0 aliphatic carbocycles.